The minimum atomic E-state index is 0.514. The Morgan fingerprint density at radius 2 is 0.390 bits per heavy atom. The Hall–Kier alpha value is -0.170. The van der Waals surface area contributed by atoms with Crippen LogP contribution in [0.15, 0.2) is 0 Å². The number of hydrogen-bond donors (Lipinski definition) is 1. The predicted octanol–water partition coefficient (Wildman–Crippen LogP) is 0.762. The lowest BCUT2D eigenvalue weighted by molar-refractivity contribution is -0.0286. The van der Waals surface area contributed by atoms with Crippen LogP contribution in [0.1, 0.15) is 0 Å². The van der Waals surface area contributed by atoms with Gasteiger partial charge in [-0.25, -0.2) is 0 Å². The largest absolute Gasteiger partial charge is 0.382 e. The van der Waals surface area contributed by atoms with Crippen molar-refractivity contribution in [1.29, 1.82) is 0 Å². The molecule has 0 aromatic heterocycles. The Balaban J connectivity index is 3.02. The molecule has 0 N–H and O–H groups in total. The summed E-state index contributed by atoms with van der Waals surface area (Å²) in [7, 11) is 1.65. The summed E-state index contributed by atoms with van der Waals surface area (Å²) in [5.41, 5.74) is 0. The molecule has 248 valence electrons. The van der Waals surface area contributed by atoms with Gasteiger partial charge < -0.3 is 61.6 Å². The second kappa shape index (κ2) is 39.8. The van der Waals surface area contributed by atoms with E-state index in [1.165, 1.54) is 0 Å². The van der Waals surface area contributed by atoms with Crippen LogP contribution in [0.2, 0.25) is 0 Å². The molecule has 41 heavy (non-hydrogen) atoms. The van der Waals surface area contributed by atoms with Crippen LogP contribution in [-0.2, 0) is 61.6 Å². The third kappa shape index (κ3) is 39.8. The Morgan fingerprint density at radius 1 is 0.244 bits per heavy atom. The SMILES string of the molecule is COCCOCCOCCOCCOCCOCCOCCOCCOCCOCCOCCOCCOCCS. The summed E-state index contributed by atoms with van der Waals surface area (Å²) in [4.78, 5) is 0. The van der Waals surface area contributed by atoms with Gasteiger partial charge in [-0.3, -0.25) is 0 Å². The molecule has 0 aliphatic rings. The van der Waals surface area contributed by atoms with Crippen molar-refractivity contribution in [2.75, 3.05) is 178 Å². The fourth-order valence-electron chi connectivity index (χ4n) is 2.73. The van der Waals surface area contributed by atoms with Crippen LogP contribution in [-0.4, -0.2) is 178 Å². The molecule has 0 atom stereocenters. The molecule has 0 aromatic rings. The second-order valence-electron chi connectivity index (χ2n) is 8.06. The molecule has 0 aliphatic carbocycles. The summed E-state index contributed by atoms with van der Waals surface area (Å²) < 4.78 is 69.8. The van der Waals surface area contributed by atoms with E-state index in [1.54, 1.807) is 7.11 Å². The highest BCUT2D eigenvalue weighted by atomic mass is 32.1. The van der Waals surface area contributed by atoms with Gasteiger partial charge in [0.25, 0.3) is 0 Å². The van der Waals surface area contributed by atoms with E-state index in [-0.39, 0.29) is 0 Å². The predicted molar refractivity (Wildman–Crippen MR) is 156 cm³/mol. The van der Waals surface area contributed by atoms with E-state index in [0.29, 0.717) is 165 Å². The van der Waals surface area contributed by atoms with Crippen LogP contribution in [0.3, 0.4) is 0 Å². The Kier molecular flexibility index (Phi) is 39.7. The van der Waals surface area contributed by atoms with Crippen LogP contribution >= 0.6 is 12.6 Å². The molecule has 0 bridgehead atoms. The Morgan fingerprint density at radius 3 is 0.537 bits per heavy atom. The van der Waals surface area contributed by atoms with E-state index in [1.807, 2.05) is 0 Å². The molecular formula is C27H56O13S. The minimum absolute atomic E-state index is 0.514. The molecule has 14 heteroatoms. The zero-order valence-electron chi connectivity index (χ0n) is 25.1. The van der Waals surface area contributed by atoms with Crippen molar-refractivity contribution in [3.05, 3.63) is 0 Å². The van der Waals surface area contributed by atoms with Crippen molar-refractivity contribution in [2.24, 2.45) is 0 Å². The highest BCUT2D eigenvalue weighted by Gasteiger charge is 1.96. The third-order valence-electron chi connectivity index (χ3n) is 4.76. The molecule has 0 saturated heterocycles. The first-order valence-corrected chi connectivity index (χ1v) is 15.1. The van der Waals surface area contributed by atoms with E-state index in [4.69, 9.17) is 61.6 Å². The molecule has 13 nitrogen and oxygen atoms in total. The molecule has 0 fully saturated rings. The maximum atomic E-state index is 5.47. The van der Waals surface area contributed by atoms with Crippen LogP contribution < -0.4 is 0 Å². The highest BCUT2D eigenvalue weighted by molar-refractivity contribution is 7.80. The summed E-state index contributed by atoms with van der Waals surface area (Å²) in [5.74, 6) is 0.720. The fourth-order valence-corrected chi connectivity index (χ4v) is 2.86. The molecule has 0 aliphatic heterocycles. The highest BCUT2D eigenvalue weighted by Crippen LogP contribution is 1.87. The van der Waals surface area contributed by atoms with Gasteiger partial charge in [-0.15, -0.1) is 0 Å². The van der Waals surface area contributed by atoms with E-state index >= 15 is 0 Å². The molecular weight excluding hydrogens is 564 g/mol. The molecule has 0 aromatic carbocycles. The molecule has 0 unspecified atom stereocenters. The number of ether oxygens (including phenoxy) is 13. The summed E-state index contributed by atoms with van der Waals surface area (Å²) in [6, 6.07) is 0. The summed E-state index contributed by atoms with van der Waals surface area (Å²) >= 11 is 4.06. The zero-order valence-corrected chi connectivity index (χ0v) is 26.0. The van der Waals surface area contributed by atoms with Gasteiger partial charge in [0.15, 0.2) is 0 Å². The first kappa shape index (κ1) is 40.8. The van der Waals surface area contributed by atoms with Crippen LogP contribution in [0, 0.1) is 0 Å². The van der Waals surface area contributed by atoms with Crippen molar-refractivity contribution in [3.8, 4) is 0 Å². The molecule has 0 amide bonds. The van der Waals surface area contributed by atoms with Crippen molar-refractivity contribution in [1.82, 2.24) is 0 Å². The van der Waals surface area contributed by atoms with Crippen molar-refractivity contribution in [2.45, 2.75) is 0 Å². The van der Waals surface area contributed by atoms with E-state index < -0.39 is 0 Å². The van der Waals surface area contributed by atoms with Gasteiger partial charge in [0.1, 0.15) is 0 Å². The van der Waals surface area contributed by atoms with Crippen LogP contribution in [0.5, 0.6) is 0 Å². The van der Waals surface area contributed by atoms with Crippen molar-refractivity contribution >= 4 is 12.6 Å². The quantitative estimate of drug-likeness (QED) is 0.0774. The smallest absolute Gasteiger partial charge is 0.0701 e. The number of methoxy groups -OCH3 is 1. The third-order valence-corrected chi connectivity index (χ3v) is 4.94. The maximum absolute atomic E-state index is 5.47. The summed E-state index contributed by atoms with van der Waals surface area (Å²) in [5, 5.41) is 0. The molecule has 0 rings (SSSR count). The first-order valence-electron chi connectivity index (χ1n) is 14.4. The van der Waals surface area contributed by atoms with Crippen molar-refractivity contribution < 1.29 is 61.6 Å². The Bertz CT molecular complexity index is 417. The van der Waals surface area contributed by atoms with Gasteiger partial charge in [0, 0.05) is 12.9 Å². The monoisotopic (exact) mass is 620 g/mol. The van der Waals surface area contributed by atoms with Gasteiger partial charge in [0.05, 0.1) is 165 Å². The average molecular weight is 621 g/mol. The van der Waals surface area contributed by atoms with E-state index in [9.17, 15) is 0 Å². The number of rotatable bonds is 38. The summed E-state index contributed by atoms with van der Waals surface area (Å²) in [6.45, 7) is 13.5. The molecule has 0 saturated carbocycles. The van der Waals surface area contributed by atoms with Gasteiger partial charge in [-0.2, -0.15) is 12.6 Å². The number of hydrogen-bond acceptors (Lipinski definition) is 14. The summed E-state index contributed by atoms with van der Waals surface area (Å²) in [6.07, 6.45) is 0. The lowest BCUT2D eigenvalue weighted by atomic mass is 10.6. The lowest BCUT2D eigenvalue weighted by Crippen LogP contribution is -2.15. The zero-order chi connectivity index (χ0) is 29.6. The molecule has 0 spiro atoms. The van der Waals surface area contributed by atoms with Gasteiger partial charge in [0.2, 0.25) is 0 Å². The van der Waals surface area contributed by atoms with E-state index in [0.717, 1.165) is 5.75 Å². The van der Waals surface area contributed by atoms with Gasteiger partial charge in [-0.1, -0.05) is 0 Å². The maximum Gasteiger partial charge on any atom is 0.0701 e. The molecule has 0 radical (unpaired) electrons. The fraction of sp³-hybridized carbons (Fsp3) is 1.00. The standard InChI is InChI=1S/C27H56O13S/c1-28-2-3-29-4-5-30-6-7-31-8-9-32-10-11-33-12-13-34-14-15-35-16-17-36-18-19-37-20-21-38-22-23-39-24-25-40-26-27-41/h41H,2-27H2,1H3. The van der Waals surface area contributed by atoms with Crippen LogP contribution in [0.4, 0.5) is 0 Å². The van der Waals surface area contributed by atoms with E-state index in [2.05, 4.69) is 12.6 Å². The van der Waals surface area contributed by atoms with Crippen molar-refractivity contribution in [3.63, 3.8) is 0 Å². The first-order chi connectivity index (χ1) is 20.4. The van der Waals surface area contributed by atoms with Crippen LogP contribution in [0.25, 0.3) is 0 Å². The Labute approximate surface area is 252 Å². The minimum Gasteiger partial charge on any atom is -0.382 e. The number of thiol groups is 1. The van der Waals surface area contributed by atoms with Gasteiger partial charge in [-0.05, 0) is 0 Å². The van der Waals surface area contributed by atoms with Gasteiger partial charge >= 0.3 is 0 Å². The average Bonchev–Trinajstić information content (AvgIpc) is 2.98. The normalized spacial score (nSPS) is 11.6. The topological polar surface area (TPSA) is 120 Å². The second-order valence-corrected chi connectivity index (χ2v) is 8.51. The lowest BCUT2D eigenvalue weighted by Gasteiger charge is -2.09. The molecule has 0 heterocycles.